The van der Waals surface area contributed by atoms with Gasteiger partial charge in [-0.2, -0.15) is 13.2 Å². The van der Waals surface area contributed by atoms with Crippen LogP contribution in [0.4, 0.5) is 13.2 Å². The number of alkyl halides is 3. The first-order valence-corrected chi connectivity index (χ1v) is 4.86. The molecule has 0 fully saturated rings. The van der Waals surface area contributed by atoms with Crippen LogP contribution in [0.3, 0.4) is 0 Å². The molecular weight excluding hydrogens is 227 g/mol. The Morgan fingerprint density at radius 3 is 2.47 bits per heavy atom. The highest BCUT2D eigenvalue weighted by molar-refractivity contribution is 6.30. The highest BCUT2D eigenvalue weighted by Gasteiger charge is 2.34. The van der Waals surface area contributed by atoms with E-state index in [1.54, 1.807) is 6.92 Å². The maximum Gasteiger partial charge on any atom is 0.416 e. The van der Waals surface area contributed by atoms with Gasteiger partial charge in [0.1, 0.15) is 0 Å². The number of hydrogen-bond donors (Lipinski definition) is 1. The average Bonchev–Trinajstić information content (AvgIpc) is 2.15. The quantitative estimate of drug-likeness (QED) is 0.833. The van der Waals surface area contributed by atoms with Crippen LogP contribution in [-0.2, 0) is 6.18 Å². The zero-order chi connectivity index (χ0) is 11.6. The Labute approximate surface area is 91.0 Å². The van der Waals surface area contributed by atoms with Gasteiger partial charge >= 0.3 is 6.18 Å². The summed E-state index contributed by atoms with van der Waals surface area (Å²) in [5.74, 6) is 0. The number of benzene rings is 1. The van der Waals surface area contributed by atoms with Crippen LogP contribution in [-0.4, -0.2) is 0 Å². The third-order valence-electron chi connectivity index (χ3n) is 2.16. The molecule has 0 aliphatic heterocycles. The molecule has 0 aliphatic rings. The van der Waals surface area contributed by atoms with Crippen LogP contribution in [0, 0.1) is 0 Å². The van der Waals surface area contributed by atoms with Crippen molar-refractivity contribution in [3.05, 3.63) is 34.3 Å². The summed E-state index contributed by atoms with van der Waals surface area (Å²) >= 11 is 5.53. The summed E-state index contributed by atoms with van der Waals surface area (Å²) < 4.78 is 37.8. The molecule has 0 amide bonds. The second-order valence-electron chi connectivity index (χ2n) is 3.24. The van der Waals surface area contributed by atoms with Crippen molar-refractivity contribution in [2.75, 3.05) is 0 Å². The molecule has 0 unspecified atom stereocenters. The maximum atomic E-state index is 12.6. The molecule has 0 saturated heterocycles. The SMILES string of the molecule is CC[C@H](N)c1ccc(Cl)cc1C(F)(F)F. The zero-order valence-electron chi connectivity index (χ0n) is 8.11. The van der Waals surface area contributed by atoms with Crippen LogP contribution in [0.5, 0.6) is 0 Å². The molecule has 1 aromatic rings. The minimum Gasteiger partial charge on any atom is -0.324 e. The zero-order valence-corrected chi connectivity index (χ0v) is 8.86. The van der Waals surface area contributed by atoms with E-state index in [2.05, 4.69) is 0 Å². The molecule has 0 radical (unpaired) electrons. The van der Waals surface area contributed by atoms with Crippen LogP contribution in [0.2, 0.25) is 5.02 Å². The van der Waals surface area contributed by atoms with E-state index in [1.807, 2.05) is 0 Å². The van der Waals surface area contributed by atoms with E-state index in [4.69, 9.17) is 17.3 Å². The fourth-order valence-electron chi connectivity index (χ4n) is 1.32. The lowest BCUT2D eigenvalue weighted by Crippen LogP contribution is -2.16. The molecule has 0 bridgehead atoms. The van der Waals surface area contributed by atoms with E-state index < -0.39 is 17.8 Å². The number of halogens is 4. The third kappa shape index (κ3) is 2.86. The Kier molecular flexibility index (Phi) is 3.62. The predicted molar refractivity (Wildman–Crippen MR) is 53.7 cm³/mol. The van der Waals surface area contributed by atoms with Crippen molar-refractivity contribution in [1.82, 2.24) is 0 Å². The van der Waals surface area contributed by atoms with Gasteiger partial charge in [-0.1, -0.05) is 24.6 Å². The third-order valence-corrected chi connectivity index (χ3v) is 2.40. The Balaban J connectivity index is 3.27. The molecule has 1 nitrogen and oxygen atoms in total. The summed E-state index contributed by atoms with van der Waals surface area (Å²) in [5.41, 5.74) is 4.94. The summed E-state index contributed by atoms with van der Waals surface area (Å²) in [5, 5.41) is 0.0642. The molecule has 0 aliphatic carbocycles. The van der Waals surface area contributed by atoms with Gasteiger partial charge in [0.25, 0.3) is 0 Å². The molecule has 0 saturated carbocycles. The minimum absolute atomic E-state index is 0.0642. The highest BCUT2D eigenvalue weighted by atomic mass is 35.5. The summed E-state index contributed by atoms with van der Waals surface area (Å²) in [6, 6.07) is 3.05. The maximum absolute atomic E-state index is 12.6. The summed E-state index contributed by atoms with van der Waals surface area (Å²) in [4.78, 5) is 0. The van der Waals surface area contributed by atoms with Gasteiger partial charge in [-0.05, 0) is 24.1 Å². The Morgan fingerprint density at radius 1 is 1.40 bits per heavy atom. The topological polar surface area (TPSA) is 26.0 Å². The Hall–Kier alpha value is -0.740. The molecule has 1 aromatic carbocycles. The molecule has 1 rings (SSSR count). The number of rotatable bonds is 2. The van der Waals surface area contributed by atoms with E-state index in [1.165, 1.54) is 12.1 Å². The lowest BCUT2D eigenvalue weighted by atomic mass is 9.99. The molecule has 0 aromatic heterocycles. The van der Waals surface area contributed by atoms with Crippen LogP contribution in [0.1, 0.15) is 30.5 Å². The fourth-order valence-corrected chi connectivity index (χ4v) is 1.49. The molecule has 0 spiro atoms. The van der Waals surface area contributed by atoms with Gasteiger partial charge in [0.15, 0.2) is 0 Å². The van der Waals surface area contributed by atoms with Crippen LogP contribution in [0.15, 0.2) is 18.2 Å². The summed E-state index contributed by atoms with van der Waals surface area (Å²) in [7, 11) is 0. The van der Waals surface area contributed by atoms with E-state index >= 15 is 0 Å². The molecule has 1 atom stereocenters. The summed E-state index contributed by atoms with van der Waals surface area (Å²) in [6.07, 6.45) is -3.96. The Morgan fingerprint density at radius 2 is 2.00 bits per heavy atom. The molecule has 15 heavy (non-hydrogen) atoms. The van der Waals surface area contributed by atoms with Crippen molar-refractivity contribution >= 4 is 11.6 Å². The predicted octanol–water partition coefficient (Wildman–Crippen LogP) is 3.77. The first-order valence-electron chi connectivity index (χ1n) is 4.48. The molecule has 0 heterocycles. The van der Waals surface area contributed by atoms with Crippen molar-refractivity contribution in [1.29, 1.82) is 0 Å². The van der Waals surface area contributed by atoms with Gasteiger partial charge < -0.3 is 5.73 Å². The lowest BCUT2D eigenvalue weighted by molar-refractivity contribution is -0.138. The molecule has 5 heteroatoms. The van der Waals surface area contributed by atoms with Gasteiger partial charge in [-0.15, -0.1) is 0 Å². The average molecular weight is 238 g/mol. The van der Waals surface area contributed by atoms with E-state index in [0.717, 1.165) is 6.07 Å². The van der Waals surface area contributed by atoms with Crippen molar-refractivity contribution in [3.63, 3.8) is 0 Å². The molecule has 84 valence electrons. The Bertz CT molecular complexity index is 349. The van der Waals surface area contributed by atoms with Crippen LogP contribution < -0.4 is 5.73 Å². The minimum atomic E-state index is -4.41. The van der Waals surface area contributed by atoms with Gasteiger partial charge in [-0.25, -0.2) is 0 Å². The standard InChI is InChI=1S/C10H11ClF3N/c1-2-9(15)7-4-3-6(11)5-8(7)10(12,13)14/h3-5,9H,2,15H2,1H3/t9-/m0/s1. The van der Waals surface area contributed by atoms with Crippen molar-refractivity contribution in [3.8, 4) is 0 Å². The lowest BCUT2D eigenvalue weighted by Gasteiger charge is -2.17. The fraction of sp³-hybridized carbons (Fsp3) is 0.400. The summed E-state index contributed by atoms with van der Waals surface area (Å²) in [6.45, 7) is 1.74. The largest absolute Gasteiger partial charge is 0.416 e. The number of nitrogens with two attached hydrogens (primary N) is 1. The van der Waals surface area contributed by atoms with Crippen LogP contribution >= 0.6 is 11.6 Å². The van der Waals surface area contributed by atoms with E-state index in [9.17, 15) is 13.2 Å². The van der Waals surface area contributed by atoms with Crippen molar-refractivity contribution in [2.45, 2.75) is 25.6 Å². The first kappa shape index (κ1) is 12.3. The normalized spacial score (nSPS) is 14.0. The van der Waals surface area contributed by atoms with Crippen molar-refractivity contribution in [2.24, 2.45) is 5.73 Å². The second kappa shape index (κ2) is 4.41. The molecule has 2 N–H and O–H groups in total. The smallest absolute Gasteiger partial charge is 0.324 e. The van der Waals surface area contributed by atoms with Crippen LogP contribution in [0.25, 0.3) is 0 Å². The first-order chi connectivity index (χ1) is 6.86. The van der Waals surface area contributed by atoms with Crippen molar-refractivity contribution < 1.29 is 13.2 Å². The molecular formula is C10H11ClF3N. The monoisotopic (exact) mass is 237 g/mol. The van der Waals surface area contributed by atoms with Gasteiger partial charge in [-0.3, -0.25) is 0 Å². The second-order valence-corrected chi connectivity index (χ2v) is 3.68. The number of hydrogen-bond acceptors (Lipinski definition) is 1. The van der Waals surface area contributed by atoms with Gasteiger partial charge in [0.05, 0.1) is 5.56 Å². The van der Waals surface area contributed by atoms with Gasteiger partial charge in [0, 0.05) is 11.1 Å². The van der Waals surface area contributed by atoms with Gasteiger partial charge in [0.2, 0.25) is 0 Å². The van der Waals surface area contributed by atoms with E-state index in [0.29, 0.717) is 6.42 Å². The van der Waals surface area contributed by atoms with E-state index in [-0.39, 0.29) is 10.6 Å². The highest BCUT2D eigenvalue weighted by Crippen LogP contribution is 2.36.